The van der Waals surface area contributed by atoms with Gasteiger partial charge in [-0.1, -0.05) is 6.92 Å². The van der Waals surface area contributed by atoms with Gasteiger partial charge in [-0.25, -0.2) is 4.98 Å². The molecule has 1 aromatic heterocycles. The highest BCUT2D eigenvalue weighted by Crippen LogP contribution is 2.27. The number of rotatable bonds is 2. The summed E-state index contributed by atoms with van der Waals surface area (Å²) in [5.41, 5.74) is 1.14. The molecule has 1 aliphatic rings. The van der Waals surface area contributed by atoms with Gasteiger partial charge in [-0.05, 0) is 18.4 Å². The third kappa shape index (κ3) is 2.40. The zero-order valence-electron chi connectivity index (χ0n) is 9.69. The Bertz CT molecular complexity index is 359. The quantitative estimate of drug-likeness (QED) is 0.743. The summed E-state index contributed by atoms with van der Waals surface area (Å²) in [4.78, 5) is 6.40. The second-order valence-electron chi connectivity index (χ2n) is 4.28. The van der Waals surface area contributed by atoms with Gasteiger partial charge in [0.15, 0.2) is 0 Å². The van der Waals surface area contributed by atoms with Crippen LogP contribution >= 0.6 is 11.6 Å². The molecule has 0 amide bonds. The fourth-order valence-corrected chi connectivity index (χ4v) is 2.26. The Morgan fingerprint density at radius 1 is 1.56 bits per heavy atom. The van der Waals surface area contributed by atoms with Crippen molar-refractivity contribution in [3.63, 3.8) is 0 Å². The van der Waals surface area contributed by atoms with E-state index in [1.165, 1.54) is 0 Å². The van der Waals surface area contributed by atoms with Crippen LogP contribution in [0.25, 0.3) is 0 Å². The van der Waals surface area contributed by atoms with Crippen LogP contribution in [0.1, 0.15) is 13.3 Å². The van der Waals surface area contributed by atoms with Gasteiger partial charge in [0.25, 0.3) is 0 Å². The highest BCUT2D eigenvalue weighted by molar-refractivity contribution is 6.21. The van der Waals surface area contributed by atoms with Gasteiger partial charge in [-0.3, -0.25) is 0 Å². The Balaban J connectivity index is 2.12. The highest BCUT2D eigenvalue weighted by atomic mass is 35.5. The third-order valence-corrected chi connectivity index (χ3v) is 3.73. The lowest BCUT2D eigenvalue weighted by molar-refractivity contribution is 0.397. The molecule has 1 aliphatic heterocycles. The van der Waals surface area contributed by atoms with E-state index in [0.29, 0.717) is 11.8 Å². The molecule has 16 heavy (non-hydrogen) atoms. The number of hydrogen-bond donors (Lipinski definition) is 0. The van der Waals surface area contributed by atoms with Gasteiger partial charge in [-0.2, -0.15) is 0 Å². The lowest BCUT2D eigenvalue weighted by atomic mass is 9.98. The van der Waals surface area contributed by atoms with Crippen molar-refractivity contribution in [2.24, 2.45) is 5.92 Å². The number of hydrogen-bond acceptors (Lipinski definition) is 3. The maximum absolute atomic E-state index is 6.30. The van der Waals surface area contributed by atoms with Crippen LogP contribution in [-0.4, -0.2) is 30.6 Å². The Hall–Kier alpha value is -0.960. The number of methoxy groups -OCH3 is 1. The molecule has 2 rings (SSSR count). The first kappa shape index (κ1) is 11.5. The van der Waals surface area contributed by atoms with E-state index in [-0.39, 0.29) is 5.38 Å². The molecule has 3 nitrogen and oxygen atoms in total. The van der Waals surface area contributed by atoms with Crippen molar-refractivity contribution in [2.45, 2.75) is 18.7 Å². The number of alkyl halides is 1. The summed E-state index contributed by atoms with van der Waals surface area (Å²) >= 11 is 6.30. The molecule has 0 bridgehead atoms. The average Bonchev–Trinajstić information content (AvgIpc) is 2.33. The molecule has 1 fully saturated rings. The van der Waals surface area contributed by atoms with E-state index in [1.54, 1.807) is 13.3 Å². The standard InChI is InChI=1S/C12H17ClN2O/c1-9-4-6-15(8-11(9)13)10-3-5-14-12(7-10)16-2/h3,5,7,9,11H,4,6,8H2,1-2H3. The molecule has 0 N–H and O–H groups in total. The van der Waals surface area contributed by atoms with Crippen molar-refractivity contribution in [3.8, 4) is 5.88 Å². The Morgan fingerprint density at radius 2 is 2.38 bits per heavy atom. The molecule has 0 aromatic carbocycles. The molecule has 0 aliphatic carbocycles. The number of aromatic nitrogens is 1. The number of nitrogens with zero attached hydrogens (tertiary/aromatic N) is 2. The van der Waals surface area contributed by atoms with Crippen LogP contribution in [0.4, 0.5) is 5.69 Å². The minimum atomic E-state index is 0.230. The normalized spacial score (nSPS) is 25.6. The summed E-state index contributed by atoms with van der Waals surface area (Å²) in [6, 6.07) is 3.96. The first-order chi connectivity index (χ1) is 7.70. The van der Waals surface area contributed by atoms with Gasteiger partial charge in [0.05, 0.1) is 12.5 Å². The molecule has 2 unspecified atom stereocenters. The number of piperidine rings is 1. The maximum Gasteiger partial charge on any atom is 0.214 e. The smallest absolute Gasteiger partial charge is 0.214 e. The Kier molecular flexibility index (Phi) is 3.54. The molecule has 0 spiro atoms. The van der Waals surface area contributed by atoms with Gasteiger partial charge in [-0.15, -0.1) is 11.6 Å². The van der Waals surface area contributed by atoms with Crippen molar-refractivity contribution in [2.75, 3.05) is 25.1 Å². The number of pyridine rings is 1. The fraction of sp³-hybridized carbons (Fsp3) is 0.583. The van der Waals surface area contributed by atoms with Crippen LogP contribution < -0.4 is 9.64 Å². The second kappa shape index (κ2) is 4.91. The molecule has 1 aromatic rings. The van der Waals surface area contributed by atoms with Crippen molar-refractivity contribution < 1.29 is 4.74 Å². The van der Waals surface area contributed by atoms with Gasteiger partial charge < -0.3 is 9.64 Å². The van der Waals surface area contributed by atoms with Crippen LogP contribution in [0.2, 0.25) is 0 Å². The first-order valence-electron chi connectivity index (χ1n) is 5.59. The van der Waals surface area contributed by atoms with E-state index in [1.807, 2.05) is 12.1 Å². The minimum Gasteiger partial charge on any atom is -0.481 e. The lowest BCUT2D eigenvalue weighted by Crippen LogP contribution is -2.40. The molecule has 0 saturated carbocycles. The SMILES string of the molecule is COc1cc(N2CCC(C)C(Cl)C2)ccn1. The topological polar surface area (TPSA) is 25.4 Å². The summed E-state index contributed by atoms with van der Waals surface area (Å²) in [7, 11) is 1.63. The molecular weight excluding hydrogens is 224 g/mol. The van der Waals surface area contributed by atoms with Crippen molar-refractivity contribution in [3.05, 3.63) is 18.3 Å². The molecule has 1 saturated heterocycles. The number of anilines is 1. The largest absolute Gasteiger partial charge is 0.481 e. The van der Waals surface area contributed by atoms with Gasteiger partial charge in [0.2, 0.25) is 5.88 Å². The summed E-state index contributed by atoms with van der Waals surface area (Å²) in [5.74, 6) is 1.25. The van der Waals surface area contributed by atoms with Crippen LogP contribution in [0.15, 0.2) is 18.3 Å². The second-order valence-corrected chi connectivity index (χ2v) is 4.84. The monoisotopic (exact) mass is 240 g/mol. The van der Waals surface area contributed by atoms with E-state index in [2.05, 4.69) is 16.8 Å². The molecule has 4 heteroatoms. The molecule has 2 atom stereocenters. The van der Waals surface area contributed by atoms with E-state index in [0.717, 1.165) is 25.2 Å². The minimum absolute atomic E-state index is 0.230. The van der Waals surface area contributed by atoms with E-state index >= 15 is 0 Å². The first-order valence-corrected chi connectivity index (χ1v) is 6.03. The average molecular weight is 241 g/mol. The third-order valence-electron chi connectivity index (χ3n) is 3.16. The van der Waals surface area contributed by atoms with Crippen LogP contribution in [0.5, 0.6) is 5.88 Å². The van der Waals surface area contributed by atoms with Crippen molar-refractivity contribution >= 4 is 17.3 Å². The van der Waals surface area contributed by atoms with E-state index in [4.69, 9.17) is 16.3 Å². The summed E-state index contributed by atoms with van der Waals surface area (Å²) in [6.45, 7) is 4.16. The van der Waals surface area contributed by atoms with Gasteiger partial charge >= 0.3 is 0 Å². The van der Waals surface area contributed by atoms with Gasteiger partial charge in [0.1, 0.15) is 0 Å². The summed E-state index contributed by atoms with van der Waals surface area (Å²) < 4.78 is 5.12. The number of halogens is 1. The summed E-state index contributed by atoms with van der Waals surface area (Å²) in [6.07, 6.45) is 2.91. The van der Waals surface area contributed by atoms with E-state index in [9.17, 15) is 0 Å². The molecule has 2 heterocycles. The van der Waals surface area contributed by atoms with Crippen LogP contribution in [-0.2, 0) is 0 Å². The molecule has 88 valence electrons. The zero-order chi connectivity index (χ0) is 11.5. The maximum atomic E-state index is 6.30. The van der Waals surface area contributed by atoms with Crippen molar-refractivity contribution in [1.29, 1.82) is 0 Å². The summed E-state index contributed by atoms with van der Waals surface area (Å²) in [5, 5.41) is 0.230. The van der Waals surface area contributed by atoms with Crippen LogP contribution in [0, 0.1) is 5.92 Å². The fourth-order valence-electron chi connectivity index (χ4n) is 1.96. The molecule has 0 radical (unpaired) electrons. The van der Waals surface area contributed by atoms with Gasteiger partial charge in [0, 0.05) is 31.0 Å². The number of ether oxygens (including phenoxy) is 1. The lowest BCUT2D eigenvalue weighted by Gasteiger charge is -2.35. The highest BCUT2D eigenvalue weighted by Gasteiger charge is 2.24. The van der Waals surface area contributed by atoms with Crippen LogP contribution in [0.3, 0.4) is 0 Å². The predicted octanol–water partition coefficient (Wildman–Crippen LogP) is 2.54. The predicted molar refractivity (Wildman–Crippen MR) is 66.4 cm³/mol. The van der Waals surface area contributed by atoms with E-state index < -0.39 is 0 Å². The Labute approximate surface area is 101 Å². The molecular formula is C12H17ClN2O. The Morgan fingerprint density at radius 3 is 3.06 bits per heavy atom. The zero-order valence-corrected chi connectivity index (χ0v) is 10.4. The van der Waals surface area contributed by atoms with Crippen molar-refractivity contribution in [1.82, 2.24) is 4.98 Å².